The molecular weight excluding hydrogens is 372 g/mol. The van der Waals surface area contributed by atoms with Crippen molar-refractivity contribution in [2.45, 2.75) is 64.8 Å². The molecular formula is C22H28N2O3S. The van der Waals surface area contributed by atoms with Gasteiger partial charge in [0.25, 0.3) is 10.0 Å². The molecule has 0 unspecified atom stereocenters. The number of carbonyl (C=O) groups is 1. The molecule has 2 aromatic carbocycles. The number of carbonyl (C=O) groups excluding carboxylic acids is 1. The van der Waals surface area contributed by atoms with Crippen molar-refractivity contribution in [1.82, 2.24) is 5.32 Å². The topological polar surface area (TPSA) is 75.3 Å². The second-order valence-electron chi connectivity index (χ2n) is 7.78. The van der Waals surface area contributed by atoms with Crippen molar-refractivity contribution in [3.05, 3.63) is 57.6 Å². The van der Waals surface area contributed by atoms with Crippen molar-refractivity contribution in [2.24, 2.45) is 0 Å². The van der Waals surface area contributed by atoms with Crippen LogP contribution >= 0.6 is 0 Å². The summed E-state index contributed by atoms with van der Waals surface area (Å²) in [4.78, 5) is 12.3. The van der Waals surface area contributed by atoms with E-state index < -0.39 is 10.0 Å². The SMILES string of the molecule is Cc1c(C)c(C)c(S(=O)(=O)Nc2ccc(CC(=O)NC3CC3)cc2)c(C)c1C. The van der Waals surface area contributed by atoms with Crippen LogP contribution in [0.2, 0.25) is 0 Å². The van der Waals surface area contributed by atoms with Gasteiger partial charge in [0.05, 0.1) is 11.3 Å². The molecule has 0 saturated heterocycles. The van der Waals surface area contributed by atoms with E-state index in [-0.39, 0.29) is 5.91 Å². The number of benzene rings is 2. The van der Waals surface area contributed by atoms with Gasteiger partial charge in [-0.15, -0.1) is 0 Å². The molecule has 0 aliphatic heterocycles. The minimum Gasteiger partial charge on any atom is -0.353 e. The second-order valence-corrected chi connectivity index (χ2v) is 9.39. The van der Waals surface area contributed by atoms with Crippen molar-refractivity contribution in [3.63, 3.8) is 0 Å². The lowest BCUT2D eigenvalue weighted by Crippen LogP contribution is -2.26. The zero-order valence-corrected chi connectivity index (χ0v) is 18.0. The Kier molecular flexibility index (Phi) is 5.53. The van der Waals surface area contributed by atoms with E-state index in [9.17, 15) is 13.2 Å². The number of amides is 1. The van der Waals surface area contributed by atoms with E-state index in [1.54, 1.807) is 24.3 Å². The summed E-state index contributed by atoms with van der Waals surface area (Å²) in [6.45, 7) is 9.64. The number of anilines is 1. The van der Waals surface area contributed by atoms with E-state index in [2.05, 4.69) is 10.0 Å². The number of sulfonamides is 1. The molecule has 0 radical (unpaired) electrons. The molecule has 1 aliphatic carbocycles. The van der Waals surface area contributed by atoms with Crippen LogP contribution in [0.15, 0.2) is 29.2 Å². The van der Waals surface area contributed by atoms with Gasteiger partial charge < -0.3 is 5.32 Å². The normalized spacial score (nSPS) is 14.0. The van der Waals surface area contributed by atoms with Gasteiger partial charge in [0.1, 0.15) is 0 Å². The highest BCUT2D eigenvalue weighted by Crippen LogP contribution is 2.30. The van der Waals surface area contributed by atoms with Crippen LogP contribution in [0, 0.1) is 34.6 Å². The lowest BCUT2D eigenvalue weighted by molar-refractivity contribution is -0.120. The monoisotopic (exact) mass is 400 g/mol. The van der Waals surface area contributed by atoms with Gasteiger partial charge in [-0.25, -0.2) is 8.42 Å². The largest absolute Gasteiger partial charge is 0.353 e. The summed E-state index contributed by atoms with van der Waals surface area (Å²) >= 11 is 0. The van der Waals surface area contributed by atoms with Gasteiger partial charge in [-0.1, -0.05) is 12.1 Å². The number of hydrogen-bond acceptors (Lipinski definition) is 3. The predicted octanol–water partition coefficient (Wildman–Crippen LogP) is 3.85. The summed E-state index contributed by atoms with van der Waals surface area (Å²) < 4.78 is 28.8. The molecule has 5 nitrogen and oxygen atoms in total. The van der Waals surface area contributed by atoms with E-state index in [0.717, 1.165) is 46.2 Å². The third-order valence-electron chi connectivity index (χ3n) is 5.71. The highest BCUT2D eigenvalue weighted by Gasteiger charge is 2.24. The third kappa shape index (κ3) is 4.22. The maximum atomic E-state index is 13.1. The van der Waals surface area contributed by atoms with Crippen LogP contribution in [0.25, 0.3) is 0 Å². The molecule has 1 aliphatic rings. The van der Waals surface area contributed by atoms with Gasteiger partial charge in [-0.3, -0.25) is 9.52 Å². The molecule has 1 fully saturated rings. The van der Waals surface area contributed by atoms with Crippen LogP contribution in [0.5, 0.6) is 0 Å². The molecule has 28 heavy (non-hydrogen) atoms. The minimum absolute atomic E-state index is 0.00712. The molecule has 2 aromatic rings. The van der Waals surface area contributed by atoms with E-state index in [0.29, 0.717) is 23.0 Å². The number of hydrogen-bond donors (Lipinski definition) is 2. The summed E-state index contributed by atoms with van der Waals surface area (Å²) in [6, 6.07) is 7.32. The molecule has 150 valence electrons. The molecule has 6 heteroatoms. The second kappa shape index (κ2) is 7.59. The molecule has 2 N–H and O–H groups in total. The van der Waals surface area contributed by atoms with Crippen LogP contribution in [-0.2, 0) is 21.2 Å². The Balaban J connectivity index is 1.80. The zero-order valence-electron chi connectivity index (χ0n) is 17.1. The molecule has 0 heterocycles. The van der Waals surface area contributed by atoms with Crippen LogP contribution in [0.4, 0.5) is 5.69 Å². The summed E-state index contributed by atoms with van der Waals surface area (Å²) in [7, 11) is -3.71. The van der Waals surface area contributed by atoms with Crippen molar-refractivity contribution in [3.8, 4) is 0 Å². The van der Waals surface area contributed by atoms with E-state index in [4.69, 9.17) is 0 Å². The fourth-order valence-electron chi connectivity index (χ4n) is 3.46. The maximum Gasteiger partial charge on any atom is 0.262 e. The van der Waals surface area contributed by atoms with Crippen molar-refractivity contribution in [1.29, 1.82) is 0 Å². The molecule has 3 rings (SSSR count). The first-order valence-corrected chi connectivity index (χ1v) is 11.1. The number of rotatable bonds is 6. The standard InChI is InChI=1S/C22H28N2O3S/c1-13-14(2)16(4)22(17(5)15(13)3)28(26,27)24-20-8-6-18(7-9-20)12-21(25)23-19-10-11-19/h6-9,19,24H,10-12H2,1-5H3,(H,23,25). The first kappa shape index (κ1) is 20.4. The molecule has 0 aromatic heterocycles. The van der Waals surface area contributed by atoms with Gasteiger partial charge in [0.2, 0.25) is 5.91 Å². The Morgan fingerprint density at radius 1 is 0.893 bits per heavy atom. The summed E-state index contributed by atoms with van der Waals surface area (Å²) in [5.74, 6) is 0.00712. The predicted molar refractivity (Wildman–Crippen MR) is 112 cm³/mol. The highest BCUT2D eigenvalue weighted by molar-refractivity contribution is 7.92. The smallest absolute Gasteiger partial charge is 0.262 e. The Hall–Kier alpha value is -2.34. The molecule has 1 saturated carbocycles. The Bertz CT molecular complexity index is 992. The fraction of sp³-hybridized carbons (Fsp3) is 0.409. The Morgan fingerprint density at radius 3 is 1.89 bits per heavy atom. The van der Waals surface area contributed by atoms with Crippen LogP contribution in [0.3, 0.4) is 0 Å². The van der Waals surface area contributed by atoms with E-state index in [1.807, 2.05) is 34.6 Å². The quantitative estimate of drug-likeness (QED) is 0.773. The van der Waals surface area contributed by atoms with E-state index >= 15 is 0 Å². The van der Waals surface area contributed by atoms with Crippen molar-refractivity contribution < 1.29 is 13.2 Å². The zero-order chi connectivity index (χ0) is 20.6. The summed E-state index contributed by atoms with van der Waals surface area (Å²) in [5.41, 5.74) is 6.03. The summed E-state index contributed by atoms with van der Waals surface area (Å²) in [5, 5.41) is 2.95. The average Bonchev–Trinajstić information content (AvgIpc) is 3.43. The first-order chi connectivity index (χ1) is 13.1. The lowest BCUT2D eigenvalue weighted by Gasteiger charge is -2.19. The van der Waals surface area contributed by atoms with Gasteiger partial charge in [-0.2, -0.15) is 0 Å². The van der Waals surface area contributed by atoms with Gasteiger partial charge in [-0.05, 0) is 93.0 Å². The lowest BCUT2D eigenvalue weighted by atomic mass is 9.95. The highest BCUT2D eigenvalue weighted by atomic mass is 32.2. The molecule has 0 atom stereocenters. The van der Waals surface area contributed by atoms with Crippen LogP contribution in [0.1, 0.15) is 46.2 Å². The Labute approximate surface area is 167 Å². The summed E-state index contributed by atoms with van der Waals surface area (Å²) in [6.07, 6.45) is 2.42. The minimum atomic E-state index is -3.71. The third-order valence-corrected chi connectivity index (χ3v) is 7.37. The molecule has 0 spiro atoms. The molecule has 0 bridgehead atoms. The van der Waals surface area contributed by atoms with Gasteiger partial charge in [0.15, 0.2) is 0 Å². The fourth-order valence-corrected chi connectivity index (χ4v) is 5.12. The Morgan fingerprint density at radius 2 is 1.39 bits per heavy atom. The molecule has 1 amide bonds. The van der Waals surface area contributed by atoms with Crippen LogP contribution in [-0.4, -0.2) is 20.4 Å². The van der Waals surface area contributed by atoms with E-state index in [1.165, 1.54) is 0 Å². The average molecular weight is 401 g/mol. The van der Waals surface area contributed by atoms with Crippen molar-refractivity contribution in [2.75, 3.05) is 4.72 Å². The number of nitrogens with one attached hydrogen (secondary N) is 2. The van der Waals surface area contributed by atoms with Gasteiger partial charge in [0, 0.05) is 11.7 Å². The van der Waals surface area contributed by atoms with Crippen LogP contribution < -0.4 is 10.0 Å². The maximum absolute atomic E-state index is 13.1. The van der Waals surface area contributed by atoms with Crippen molar-refractivity contribution >= 4 is 21.6 Å². The first-order valence-electron chi connectivity index (χ1n) is 9.58. The van der Waals surface area contributed by atoms with Gasteiger partial charge >= 0.3 is 0 Å².